The summed E-state index contributed by atoms with van der Waals surface area (Å²) in [5.41, 5.74) is 0.716. The Balaban J connectivity index is 1.63. The van der Waals surface area contributed by atoms with Gasteiger partial charge in [0.05, 0.1) is 12.2 Å². The summed E-state index contributed by atoms with van der Waals surface area (Å²) in [6.07, 6.45) is 11.9. The summed E-state index contributed by atoms with van der Waals surface area (Å²) in [5, 5.41) is 20.8. The first-order valence-corrected chi connectivity index (χ1v) is 9.87. The van der Waals surface area contributed by atoms with E-state index in [0.29, 0.717) is 5.41 Å². The Morgan fingerprint density at radius 2 is 1.73 bits per heavy atom. The van der Waals surface area contributed by atoms with E-state index in [0.717, 1.165) is 42.9 Å². The molecule has 3 unspecified atom stereocenters. The van der Waals surface area contributed by atoms with Gasteiger partial charge in [-0.15, -0.1) is 0 Å². The Morgan fingerprint density at radius 3 is 2.50 bits per heavy atom. The molecule has 4 aliphatic carbocycles. The third kappa shape index (κ3) is 1.92. The van der Waals surface area contributed by atoms with Crippen molar-refractivity contribution >= 4 is 0 Å². The molecule has 0 heterocycles. The highest BCUT2D eigenvalue weighted by molar-refractivity contribution is 5.10. The predicted octanol–water partition coefficient (Wildman–Crippen LogP) is 4.14. The Morgan fingerprint density at radius 1 is 0.909 bits per heavy atom. The lowest BCUT2D eigenvalue weighted by molar-refractivity contribution is -0.139. The molecule has 0 radical (unpaired) electrons. The van der Waals surface area contributed by atoms with E-state index in [2.05, 4.69) is 13.8 Å². The lowest BCUT2D eigenvalue weighted by Gasteiger charge is -2.61. The van der Waals surface area contributed by atoms with Crippen LogP contribution in [0.1, 0.15) is 78.1 Å². The van der Waals surface area contributed by atoms with Crippen molar-refractivity contribution in [3.05, 3.63) is 0 Å². The second-order valence-corrected chi connectivity index (χ2v) is 9.30. The van der Waals surface area contributed by atoms with Gasteiger partial charge in [0.25, 0.3) is 0 Å². The number of hydrogen-bond acceptors (Lipinski definition) is 2. The highest BCUT2D eigenvalue weighted by Crippen LogP contribution is 2.67. The number of hydrogen-bond donors (Lipinski definition) is 2. The first kappa shape index (κ1) is 15.4. The molecule has 0 aromatic carbocycles. The molecule has 126 valence electrons. The maximum Gasteiger partial charge on any atom is 0.0599 e. The summed E-state index contributed by atoms with van der Waals surface area (Å²) >= 11 is 0. The van der Waals surface area contributed by atoms with Gasteiger partial charge in [-0.25, -0.2) is 0 Å². The average molecular weight is 306 g/mol. The Bertz CT molecular complexity index is 435. The molecule has 22 heavy (non-hydrogen) atoms. The quantitative estimate of drug-likeness (QED) is 0.764. The smallest absolute Gasteiger partial charge is 0.0599 e. The Labute approximate surface area is 135 Å². The summed E-state index contributed by atoms with van der Waals surface area (Å²) in [5.74, 6) is 3.23. The van der Waals surface area contributed by atoms with E-state index in [1.807, 2.05) is 0 Å². The summed E-state index contributed by atoms with van der Waals surface area (Å²) in [7, 11) is 0. The number of aliphatic hydroxyl groups excluding tert-OH is 2. The van der Waals surface area contributed by atoms with E-state index < -0.39 is 0 Å². The van der Waals surface area contributed by atoms with Gasteiger partial charge in [-0.1, -0.05) is 13.8 Å². The normalized spacial score (nSPS) is 57.8. The molecule has 4 saturated carbocycles. The van der Waals surface area contributed by atoms with E-state index in [1.54, 1.807) is 0 Å². The maximum absolute atomic E-state index is 10.7. The summed E-state index contributed by atoms with van der Waals surface area (Å²) in [6.45, 7) is 4.86. The van der Waals surface area contributed by atoms with Crippen LogP contribution in [0, 0.1) is 34.5 Å². The zero-order valence-corrected chi connectivity index (χ0v) is 14.4. The summed E-state index contributed by atoms with van der Waals surface area (Å²) in [4.78, 5) is 0. The third-order valence-electron chi connectivity index (χ3n) is 8.97. The Kier molecular flexibility index (Phi) is 3.66. The van der Waals surface area contributed by atoms with Gasteiger partial charge in [-0.3, -0.25) is 0 Å². The number of rotatable bonds is 1. The largest absolute Gasteiger partial charge is 0.393 e. The summed E-state index contributed by atoms with van der Waals surface area (Å²) in [6, 6.07) is 0. The zero-order valence-electron chi connectivity index (χ0n) is 14.4. The van der Waals surface area contributed by atoms with Crippen molar-refractivity contribution in [2.75, 3.05) is 0 Å². The topological polar surface area (TPSA) is 40.5 Å². The van der Waals surface area contributed by atoms with Gasteiger partial charge in [-0.05, 0) is 98.7 Å². The van der Waals surface area contributed by atoms with Crippen molar-refractivity contribution in [3.8, 4) is 0 Å². The van der Waals surface area contributed by atoms with Crippen molar-refractivity contribution < 1.29 is 10.2 Å². The second kappa shape index (κ2) is 5.21. The van der Waals surface area contributed by atoms with E-state index in [4.69, 9.17) is 0 Å². The number of aliphatic hydroxyl groups is 2. The molecule has 4 fully saturated rings. The minimum Gasteiger partial charge on any atom is -0.393 e. The highest BCUT2D eigenvalue weighted by atomic mass is 16.3. The Hall–Kier alpha value is -0.0800. The van der Waals surface area contributed by atoms with E-state index >= 15 is 0 Å². The van der Waals surface area contributed by atoms with Gasteiger partial charge in [-0.2, -0.15) is 0 Å². The van der Waals surface area contributed by atoms with E-state index in [9.17, 15) is 10.2 Å². The molecule has 0 aromatic heterocycles. The summed E-state index contributed by atoms with van der Waals surface area (Å²) < 4.78 is 0. The molecule has 0 bridgehead atoms. The fourth-order valence-electron chi connectivity index (χ4n) is 7.69. The van der Waals surface area contributed by atoms with Crippen LogP contribution in [-0.2, 0) is 0 Å². The lowest BCUT2D eigenvalue weighted by Crippen LogP contribution is -2.55. The zero-order chi connectivity index (χ0) is 15.5. The van der Waals surface area contributed by atoms with Gasteiger partial charge in [0.1, 0.15) is 0 Å². The first-order valence-electron chi connectivity index (χ1n) is 9.87. The van der Waals surface area contributed by atoms with Crippen molar-refractivity contribution in [1.82, 2.24) is 0 Å². The van der Waals surface area contributed by atoms with Crippen LogP contribution in [0.5, 0.6) is 0 Å². The molecule has 0 amide bonds. The van der Waals surface area contributed by atoms with Crippen LogP contribution < -0.4 is 0 Å². The van der Waals surface area contributed by atoms with Crippen molar-refractivity contribution in [2.24, 2.45) is 34.5 Å². The lowest BCUT2D eigenvalue weighted by atomic mass is 9.44. The van der Waals surface area contributed by atoms with E-state index in [1.165, 1.54) is 44.9 Å². The van der Waals surface area contributed by atoms with Crippen LogP contribution in [0.4, 0.5) is 0 Å². The van der Waals surface area contributed by atoms with Gasteiger partial charge in [0.2, 0.25) is 0 Å². The van der Waals surface area contributed by atoms with Crippen molar-refractivity contribution in [1.29, 1.82) is 0 Å². The van der Waals surface area contributed by atoms with Gasteiger partial charge in [0.15, 0.2) is 0 Å². The minimum absolute atomic E-state index is 0.0397. The molecule has 4 rings (SSSR count). The third-order valence-corrected chi connectivity index (χ3v) is 8.97. The molecule has 8 atom stereocenters. The molecule has 2 heteroatoms. The van der Waals surface area contributed by atoms with Crippen LogP contribution in [0.15, 0.2) is 0 Å². The molecule has 0 spiro atoms. The fraction of sp³-hybridized carbons (Fsp3) is 1.00. The molecule has 2 nitrogen and oxygen atoms in total. The van der Waals surface area contributed by atoms with Crippen LogP contribution in [-0.4, -0.2) is 22.4 Å². The molecular weight excluding hydrogens is 272 g/mol. The molecule has 0 aromatic rings. The van der Waals surface area contributed by atoms with Crippen LogP contribution in [0.2, 0.25) is 0 Å². The predicted molar refractivity (Wildman–Crippen MR) is 88.4 cm³/mol. The van der Waals surface area contributed by atoms with E-state index in [-0.39, 0.29) is 17.6 Å². The van der Waals surface area contributed by atoms with Crippen LogP contribution >= 0.6 is 0 Å². The van der Waals surface area contributed by atoms with Gasteiger partial charge in [0, 0.05) is 0 Å². The van der Waals surface area contributed by atoms with Crippen molar-refractivity contribution in [3.63, 3.8) is 0 Å². The molecule has 0 saturated heterocycles. The molecule has 4 aliphatic rings. The van der Waals surface area contributed by atoms with Crippen molar-refractivity contribution in [2.45, 2.75) is 90.3 Å². The maximum atomic E-state index is 10.7. The first-order chi connectivity index (χ1) is 10.5. The highest BCUT2D eigenvalue weighted by Gasteiger charge is 2.60. The number of fused-ring (bicyclic) bond motifs is 5. The molecule has 0 aliphatic heterocycles. The molecule has 2 N–H and O–H groups in total. The molecular formula is C20H34O2. The average Bonchev–Trinajstić information content (AvgIpc) is 2.86. The second-order valence-electron chi connectivity index (χ2n) is 9.30. The fourth-order valence-corrected chi connectivity index (χ4v) is 7.69. The van der Waals surface area contributed by atoms with Gasteiger partial charge >= 0.3 is 0 Å². The minimum atomic E-state index is -0.0405. The standard InChI is InChI=1S/C20H34O2/c1-3-20-11-9-16-15(17(20)6-7-18(20)22)5-4-13-12-14(21)8-10-19(13,16)2/h13-18,21-22H,3-12H2,1-2H3/t13?,14?,15-,16+,17+,18?,19+,20+/m1/s1. The SMILES string of the molecule is CC[C@]12CC[C@H]3[C@@H](CCC4CC(O)CC[C@@]43C)[C@@H]1CCC2O. The monoisotopic (exact) mass is 306 g/mol. The van der Waals surface area contributed by atoms with Gasteiger partial charge < -0.3 is 10.2 Å². The van der Waals surface area contributed by atoms with Crippen LogP contribution in [0.3, 0.4) is 0 Å². The van der Waals surface area contributed by atoms with Crippen LogP contribution in [0.25, 0.3) is 0 Å².